The zero-order valence-electron chi connectivity index (χ0n) is 14.1. The first-order valence-corrected chi connectivity index (χ1v) is 8.63. The number of para-hydroxylation sites is 1. The Kier molecular flexibility index (Phi) is 4.24. The lowest BCUT2D eigenvalue weighted by molar-refractivity contribution is 0.102. The van der Waals surface area contributed by atoms with Crippen molar-refractivity contribution in [2.45, 2.75) is 34.1 Å². The number of carbonyl (C=O) groups excluding carboxylic acids is 1. The summed E-state index contributed by atoms with van der Waals surface area (Å²) in [7, 11) is 0. The Hall–Kier alpha value is -2.47. The van der Waals surface area contributed by atoms with Gasteiger partial charge in [0.25, 0.3) is 11.5 Å². The van der Waals surface area contributed by atoms with Gasteiger partial charge < -0.3 is 5.32 Å². The lowest BCUT2D eigenvalue weighted by Gasteiger charge is -2.12. The van der Waals surface area contributed by atoms with E-state index in [4.69, 9.17) is 0 Å². The Labute approximate surface area is 144 Å². The summed E-state index contributed by atoms with van der Waals surface area (Å²) in [5.41, 5.74) is 3.34. The highest BCUT2D eigenvalue weighted by atomic mass is 32.1. The monoisotopic (exact) mass is 341 g/mol. The predicted molar refractivity (Wildman–Crippen MR) is 97.3 cm³/mol. The number of aromatic nitrogens is 2. The highest BCUT2D eigenvalue weighted by Crippen LogP contribution is 2.22. The number of rotatable bonds is 3. The van der Waals surface area contributed by atoms with Crippen LogP contribution >= 0.6 is 11.3 Å². The van der Waals surface area contributed by atoms with E-state index in [1.54, 1.807) is 0 Å². The number of carbonyl (C=O) groups is 1. The number of fused-ring (bicyclic) bond motifs is 1. The molecule has 0 atom stereocenters. The summed E-state index contributed by atoms with van der Waals surface area (Å²) in [4.78, 5) is 31.3. The van der Waals surface area contributed by atoms with Crippen LogP contribution in [0.5, 0.6) is 0 Å². The number of amides is 1. The van der Waals surface area contributed by atoms with E-state index in [0.29, 0.717) is 4.96 Å². The average molecular weight is 341 g/mol. The highest BCUT2D eigenvalue weighted by Gasteiger charge is 2.18. The van der Waals surface area contributed by atoms with Crippen LogP contribution in [0.15, 0.2) is 29.2 Å². The third-order valence-electron chi connectivity index (χ3n) is 4.24. The van der Waals surface area contributed by atoms with Gasteiger partial charge in [-0.3, -0.25) is 14.0 Å². The van der Waals surface area contributed by atoms with E-state index in [-0.39, 0.29) is 11.1 Å². The van der Waals surface area contributed by atoms with Crippen LogP contribution in [0.25, 0.3) is 4.96 Å². The molecule has 1 N–H and O–H groups in total. The molecule has 0 unspecified atom stereocenters. The second-order valence-electron chi connectivity index (χ2n) is 5.76. The van der Waals surface area contributed by atoms with Crippen molar-refractivity contribution in [1.29, 1.82) is 0 Å². The summed E-state index contributed by atoms with van der Waals surface area (Å²) in [5.74, 6) is -0.422. The van der Waals surface area contributed by atoms with Gasteiger partial charge in [-0.05, 0) is 38.3 Å². The van der Waals surface area contributed by atoms with Gasteiger partial charge in [0.2, 0.25) is 0 Å². The Morgan fingerprint density at radius 1 is 1.29 bits per heavy atom. The molecule has 0 saturated heterocycles. The maximum atomic E-state index is 12.7. The van der Waals surface area contributed by atoms with Crippen molar-refractivity contribution in [2.24, 2.45) is 0 Å². The van der Waals surface area contributed by atoms with Gasteiger partial charge >= 0.3 is 0 Å². The van der Waals surface area contributed by atoms with Gasteiger partial charge in [0.1, 0.15) is 5.56 Å². The van der Waals surface area contributed by atoms with Crippen molar-refractivity contribution in [2.75, 3.05) is 5.32 Å². The number of benzene rings is 1. The summed E-state index contributed by atoms with van der Waals surface area (Å²) in [6, 6.07) is 5.88. The number of nitrogens with zero attached hydrogens (tertiary/aromatic N) is 2. The molecule has 3 rings (SSSR count). The van der Waals surface area contributed by atoms with Crippen LogP contribution < -0.4 is 10.9 Å². The molecule has 3 aromatic rings. The SMILES string of the molecule is CCc1cccc(C)c1NC(=O)c1cnc2sc(C)c(C)n2c1=O. The maximum absolute atomic E-state index is 12.7. The molecule has 0 aliphatic carbocycles. The standard InChI is InChI=1S/C18H19N3O2S/c1-5-13-8-6-7-10(2)15(13)20-16(22)14-9-19-18-21(17(14)23)11(3)12(4)24-18/h6-9H,5H2,1-4H3,(H,20,22). The van der Waals surface area contributed by atoms with E-state index in [1.165, 1.54) is 21.9 Å². The smallest absolute Gasteiger partial charge is 0.271 e. The van der Waals surface area contributed by atoms with E-state index in [1.807, 2.05) is 45.9 Å². The molecule has 0 spiro atoms. The molecule has 0 aliphatic heterocycles. The minimum Gasteiger partial charge on any atom is -0.321 e. The topological polar surface area (TPSA) is 63.5 Å². The molecule has 2 heterocycles. The predicted octanol–water partition coefficient (Wildman–Crippen LogP) is 3.50. The van der Waals surface area contributed by atoms with E-state index < -0.39 is 5.91 Å². The quantitative estimate of drug-likeness (QED) is 0.793. The molecule has 0 aliphatic rings. The summed E-state index contributed by atoms with van der Waals surface area (Å²) >= 11 is 1.45. The number of anilines is 1. The van der Waals surface area contributed by atoms with Crippen LogP contribution in [-0.2, 0) is 6.42 Å². The van der Waals surface area contributed by atoms with Gasteiger partial charge in [0, 0.05) is 22.5 Å². The normalized spacial score (nSPS) is 11.0. The molecule has 24 heavy (non-hydrogen) atoms. The lowest BCUT2D eigenvalue weighted by Crippen LogP contribution is -2.27. The molecule has 0 saturated carbocycles. The number of hydrogen-bond acceptors (Lipinski definition) is 4. The van der Waals surface area contributed by atoms with Gasteiger partial charge in [0.15, 0.2) is 4.96 Å². The minimum absolute atomic E-state index is 0.0544. The Balaban J connectivity index is 2.06. The zero-order valence-corrected chi connectivity index (χ0v) is 15.0. The van der Waals surface area contributed by atoms with Gasteiger partial charge in [-0.25, -0.2) is 4.98 Å². The van der Waals surface area contributed by atoms with E-state index in [2.05, 4.69) is 10.3 Å². The first-order valence-electron chi connectivity index (χ1n) is 7.81. The molecule has 2 aromatic heterocycles. The molecule has 0 radical (unpaired) electrons. The van der Waals surface area contributed by atoms with Gasteiger partial charge in [-0.2, -0.15) is 0 Å². The Bertz CT molecular complexity index is 1000. The average Bonchev–Trinajstić information content (AvgIpc) is 2.85. The van der Waals surface area contributed by atoms with Crippen LogP contribution in [0.1, 0.15) is 39.0 Å². The third kappa shape index (κ3) is 2.63. The Morgan fingerprint density at radius 3 is 2.75 bits per heavy atom. The molecule has 124 valence electrons. The summed E-state index contributed by atoms with van der Waals surface area (Å²) in [6.07, 6.45) is 2.17. The zero-order chi connectivity index (χ0) is 17.4. The minimum atomic E-state index is -0.422. The van der Waals surface area contributed by atoms with Crippen LogP contribution in [0.2, 0.25) is 0 Å². The molecule has 0 bridgehead atoms. The summed E-state index contributed by atoms with van der Waals surface area (Å²) in [5, 5.41) is 2.89. The third-order valence-corrected chi connectivity index (χ3v) is 5.31. The second kappa shape index (κ2) is 6.20. The molecular weight excluding hydrogens is 322 g/mol. The van der Waals surface area contributed by atoms with Crippen LogP contribution in [0.3, 0.4) is 0 Å². The molecular formula is C18H19N3O2S. The van der Waals surface area contributed by atoms with E-state index >= 15 is 0 Å². The second-order valence-corrected chi connectivity index (χ2v) is 6.94. The van der Waals surface area contributed by atoms with Gasteiger partial charge in [-0.1, -0.05) is 25.1 Å². The fourth-order valence-electron chi connectivity index (χ4n) is 2.71. The largest absolute Gasteiger partial charge is 0.321 e. The maximum Gasteiger partial charge on any atom is 0.271 e. The van der Waals surface area contributed by atoms with Crippen molar-refractivity contribution in [3.63, 3.8) is 0 Å². The van der Waals surface area contributed by atoms with E-state index in [9.17, 15) is 9.59 Å². The van der Waals surface area contributed by atoms with Crippen molar-refractivity contribution in [1.82, 2.24) is 9.38 Å². The van der Waals surface area contributed by atoms with Crippen molar-refractivity contribution in [3.8, 4) is 0 Å². The van der Waals surface area contributed by atoms with Crippen molar-refractivity contribution >= 4 is 27.9 Å². The van der Waals surface area contributed by atoms with Gasteiger partial charge in [0.05, 0.1) is 0 Å². The number of aryl methyl sites for hydroxylation is 4. The van der Waals surface area contributed by atoms with Gasteiger partial charge in [-0.15, -0.1) is 11.3 Å². The molecule has 6 heteroatoms. The van der Waals surface area contributed by atoms with Crippen LogP contribution in [0, 0.1) is 20.8 Å². The number of hydrogen-bond donors (Lipinski definition) is 1. The molecule has 5 nitrogen and oxygen atoms in total. The Morgan fingerprint density at radius 2 is 2.04 bits per heavy atom. The molecule has 1 amide bonds. The van der Waals surface area contributed by atoms with Crippen molar-refractivity contribution in [3.05, 3.63) is 62.0 Å². The summed E-state index contributed by atoms with van der Waals surface area (Å²) < 4.78 is 1.51. The number of thiazole rings is 1. The first-order chi connectivity index (χ1) is 11.4. The van der Waals surface area contributed by atoms with Crippen LogP contribution in [-0.4, -0.2) is 15.3 Å². The highest BCUT2D eigenvalue weighted by molar-refractivity contribution is 7.17. The summed E-state index contributed by atoms with van der Waals surface area (Å²) in [6.45, 7) is 7.77. The van der Waals surface area contributed by atoms with Crippen molar-refractivity contribution < 1.29 is 4.79 Å². The molecule has 0 fully saturated rings. The fraction of sp³-hybridized carbons (Fsp3) is 0.278. The van der Waals surface area contributed by atoms with E-state index in [0.717, 1.165) is 33.8 Å². The van der Waals surface area contributed by atoms with Crippen LogP contribution in [0.4, 0.5) is 5.69 Å². The first kappa shape index (κ1) is 16.4. The molecule has 1 aromatic carbocycles. The number of nitrogens with one attached hydrogen (secondary N) is 1. The fourth-order valence-corrected chi connectivity index (χ4v) is 3.64. The lowest BCUT2D eigenvalue weighted by atomic mass is 10.1.